The van der Waals surface area contributed by atoms with Crippen molar-refractivity contribution >= 4 is 36.4 Å². The van der Waals surface area contributed by atoms with E-state index in [-0.39, 0.29) is 54.1 Å². The van der Waals surface area contributed by atoms with Crippen molar-refractivity contribution in [1.29, 1.82) is 0 Å². The van der Waals surface area contributed by atoms with E-state index in [1.54, 1.807) is 0 Å². The summed E-state index contributed by atoms with van der Waals surface area (Å²) in [7, 11) is 0. The first-order valence-corrected chi connectivity index (χ1v) is 19.3. The Labute approximate surface area is 297 Å². The van der Waals surface area contributed by atoms with Crippen LogP contribution in [-0.2, 0) is 19.2 Å². The van der Waals surface area contributed by atoms with Gasteiger partial charge in [-0.1, -0.05) is 53.9 Å². The Bertz CT molecular complexity index is 1220. The third-order valence-corrected chi connectivity index (χ3v) is 14.1. The Kier molecular flexibility index (Phi) is 12.8. The molecule has 0 spiro atoms. The molecular formula is C37H63N3O8S. The lowest BCUT2D eigenvalue weighted by atomic mass is 9.43. The molecule has 0 saturated heterocycles. The van der Waals surface area contributed by atoms with E-state index in [1.165, 1.54) is 30.6 Å². The van der Waals surface area contributed by atoms with Gasteiger partial charge in [0.2, 0.25) is 11.8 Å². The molecule has 11 atom stereocenters. The van der Waals surface area contributed by atoms with Crippen LogP contribution < -0.4 is 11.1 Å². The minimum atomic E-state index is -1.92. The summed E-state index contributed by atoms with van der Waals surface area (Å²) in [4.78, 5) is 52.0. The number of carboxylic acids is 2. The minimum Gasteiger partial charge on any atom is -0.480 e. The number of hydrogen-bond donors (Lipinski definition) is 7. The summed E-state index contributed by atoms with van der Waals surface area (Å²) in [6.07, 6.45) is 9.23. The second-order valence-electron chi connectivity index (χ2n) is 17.2. The zero-order valence-corrected chi connectivity index (χ0v) is 31.2. The summed E-state index contributed by atoms with van der Waals surface area (Å²) >= 11 is 4.35. The average Bonchev–Trinajstić information content (AvgIpc) is 3.38. The van der Waals surface area contributed by atoms with Gasteiger partial charge in [-0.15, -0.1) is 0 Å². The van der Waals surface area contributed by atoms with Crippen molar-refractivity contribution in [3.8, 4) is 0 Å². The Hall–Kier alpha value is -1.89. The summed E-state index contributed by atoms with van der Waals surface area (Å²) in [6.45, 7) is 11.1. The van der Waals surface area contributed by atoms with E-state index in [0.717, 1.165) is 19.3 Å². The summed E-state index contributed by atoms with van der Waals surface area (Å²) in [6, 6.07) is -2.94. The second kappa shape index (κ2) is 15.8. The Balaban J connectivity index is 1.65. The molecule has 0 aromatic heterocycles. The Morgan fingerprint density at radius 1 is 0.918 bits per heavy atom. The van der Waals surface area contributed by atoms with E-state index in [1.807, 2.05) is 0 Å². The second-order valence-corrected chi connectivity index (χ2v) is 17.5. The number of aliphatic carboxylic acids is 2. The van der Waals surface area contributed by atoms with Crippen molar-refractivity contribution in [3.05, 3.63) is 0 Å². The average molecular weight is 710 g/mol. The molecule has 4 saturated carbocycles. The number of hydrogen-bond acceptors (Lipinski definition) is 8. The summed E-state index contributed by atoms with van der Waals surface area (Å²) in [5.74, 6) is -2.98. The lowest BCUT2D eigenvalue weighted by Gasteiger charge is -2.64. The van der Waals surface area contributed by atoms with Crippen LogP contribution in [0.2, 0.25) is 0 Å². The lowest BCUT2D eigenvalue weighted by molar-refractivity contribution is -0.245. The first-order chi connectivity index (χ1) is 22.8. The number of nitrogens with zero attached hydrogens (tertiary/aromatic N) is 1. The number of nitrogens with two attached hydrogens (primary N) is 1. The minimum absolute atomic E-state index is 0.0448. The van der Waals surface area contributed by atoms with E-state index in [2.05, 4.69) is 52.6 Å². The van der Waals surface area contributed by atoms with E-state index < -0.39 is 54.2 Å². The van der Waals surface area contributed by atoms with Gasteiger partial charge in [0, 0.05) is 31.1 Å². The third-order valence-electron chi connectivity index (χ3n) is 13.7. The van der Waals surface area contributed by atoms with Crippen LogP contribution in [0, 0.1) is 52.3 Å². The molecule has 4 fully saturated rings. The Morgan fingerprint density at radius 3 is 2.20 bits per heavy atom. The molecule has 0 radical (unpaired) electrons. The van der Waals surface area contributed by atoms with Gasteiger partial charge in [-0.3, -0.25) is 19.2 Å². The number of amides is 2. The van der Waals surface area contributed by atoms with Crippen molar-refractivity contribution in [2.45, 2.75) is 142 Å². The molecule has 2 amide bonds. The number of carboxylic acid groups (broad SMARTS) is 2. The molecule has 49 heavy (non-hydrogen) atoms. The smallest absolute Gasteiger partial charge is 0.323 e. The van der Waals surface area contributed by atoms with Crippen molar-refractivity contribution in [3.63, 3.8) is 0 Å². The fourth-order valence-corrected chi connectivity index (χ4v) is 11.4. The fraction of sp³-hybridized carbons (Fsp3) is 0.892. The number of nitrogens with one attached hydrogen (secondary N) is 1. The zero-order valence-electron chi connectivity index (χ0n) is 30.3. The SMILES string of the molecule is CC(C)CCC[C@@H](C)[C@H]1CCC2C3C[C@@H](N(CC(=O)O)C(=O)[C@@H](CS)NC(=O)CCC(N)C(=O)O)[C@H]4CC(O)(O)CC[C@]4(C)C3CC[C@@]21C. The molecule has 11 nitrogen and oxygen atoms in total. The molecule has 4 aliphatic carbocycles. The Morgan fingerprint density at radius 2 is 1.59 bits per heavy atom. The van der Waals surface area contributed by atoms with Crippen molar-refractivity contribution in [2.24, 2.45) is 58.0 Å². The van der Waals surface area contributed by atoms with Gasteiger partial charge in [0.1, 0.15) is 18.6 Å². The van der Waals surface area contributed by atoms with Gasteiger partial charge in [0.15, 0.2) is 5.79 Å². The zero-order chi connectivity index (χ0) is 36.5. The third kappa shape index (κ3) is 8.60. The predicted molar refractivity (Wildman–Crippen MR) is 189 cm³/mol. The number of carbonyl (C=O) groups excluding carboxylic acids is 2. The maximum Gasteiger partial charge on any atom is 0.323 e. The predicted octanol–water partition coefficient (Wildman–Crippen LogP) is 4.29. The van der Waals surface area contributed by atoms with E-state index in [4.69, 9.17) is 10.8 Å². The van der Waals surface area contributed by atoms with Crippen LogP contribution in [0.1, 0.15) is 118 Å². The van der Waals surface area contributed by atoms with Gasteiger partial charge in [0.05, 0.1) is 0 Å². The molecule has 0 aliphatic heterocycles. The van der Waals surface area contributed by atoms with Crippen LogP contribution in [0.5, 0.6) is 0 Å². The molecule has 0 aromatic rings. The van der Waals surface area contributed by atoms with E-state index >= 15 is 0 Å². The molecule has 280 valence electrons. The topological polar surface area (TPSA) is 190 Å². The van der Waals surface area contributed by atoms with Gasteiger partial charge in [0.25, 0.3) is 0 Å². The first-order valence-electron chi connectivity index (χ1n) is 18.7. The number of aliphatic hydroxyl groups is 2. The van der Waals surface area contributed by atoms with Gasteiger partial charge >= 0.3 is 11.9 Å². The van der Waals surface area contributed by atoms with Gasteiger partial charge in [-0.2, -0.15) is 12.6 Å². The highest BCUT2D eigenvalue weighted by Gasteiger charge is 2.64. The largest absolute Gasteiger partial charge is 0.480 e. The lowest BCUT2D eigenvalue weighted by Crippen LogP contribution is -2.65. The maximum atomic E-state index is 14.3. The molecule has 0 bridgehead atoms. The van der Waals surface area contributed by atoms with Crippen molar-refractivity contribution < 1.29 is 39.6 Å². The molecule has 4 aliphatic rings. The summed E-state index contributed by atoms with van der Waals surface area (Å²) < 4.78 is 0. The van der Waals surface area contributed by atoms with Crippen LogP contribution in [0.25, 0.3) is 0 Å². The van der Waals surface area contributed by atoms with Crippen LogP contribution in [0.3, 0.4) is 0 Å². The molecular weight excluding hydrogens is 646 g/mol. The first kappa shape index (κ1) is 39.9. The van der Waals surface area contributed by atoms with Gasteiger partial charge < -0.3 is 36.4 Å². The molecule has 0 aromatic carbocycles. The van der Waals surface area contributed by atoms with Crippen molar-refractivity contribution in [1.82, 2.24) is 10.2 Å². The number of carbonyl (C=O) groups is 4. The highest BCUT2D eigenvalue weighted by molar-refractivity contribution is 7.80. The molecule has 4 unspecified atom stereocenters. The molecule has 0 heterocycles. The van der Waals surface area contributed by atoms with Crippen LogP contribution in [0.15, 0.2) is 0 Å². The highest BCUT2D eigenvalue weighted by atomic mass is 32.1. The monoisotopic (exact) mass is 709 g/mol. The molecule has 7 N–H and O–H groups in total. The van der Waals surface area contributed by atoms with E-state index in [0.29, 0.717) is 42.4 Å². The molecule has 4 rings (SSSR count). The standard InChI is InChI=1S/C37H63N3O8S/c1-21(2)7-6-8-22(3)24-9-10-25-23-17-30(27-18-37(47,48)16-15-36(27,5)26(23)13-14-35(24,25)4)40(19-32(42)43)33(44)29(20-49)39-31(41)12-11-28(38)34(45)46/h21-30,47-49H,6-20,38H2,1-5H3,(H,39,41)(H,42,43)(H,45,46)/t22-,23?,24-,25?,26?,27-,28?,29-,30-,35-,36-/m1/s1. The van der Waals surface area contributed by atoms with Crippen LogP contribution in [-0.4, -0.2) is 85.3 Å². The van der Waals surface area contributed by atoms with E-state index in [9.17, 15) is 34.5 Å². The molecule has 12 heteroatoms. The highest BCUT2D eigenvalue weighted by Crippen LogP contribution is 2.69. The normalized spacial score (nSPS) is 35.3. The van der Waals surface area contributed by atoms with Crippen LogP contribution >= 0.6 is 12.6 Å². The number of rotatable bonds is 15. The maximum absolute atomic E-state index is 14.3. The van der Waals surface area contributed by atoms with Gasteiger partial charge in [-0.05, 0) is 97.2 Å². The number of thiol groups is 1. The van der Waals surface area contributed by atoms with Gasteiger partial charge in [-0.25, -0.2) is 0 Å². The number of fused-ring (bicyclic) bond motifs is 5. The summed E-state index contributed by atoms with van der Waals surface area (Å²) in [5, 5.41) is 43.8. The quantitative estimate of drug-likeness (QED) is 0.0961. The van der Waals surface area contributed by atoms with Crippen molar-refractivity contribution in [2.75, 3.05) is 12.3 Å². The fourth-order valence-electron chi connectivity index (χ4n) is 11.2. The van der Waals surface area contributed by atoms with Crippen LogP contribution in [0.4, 0.5) is 0 Å². The summed E-state index contributed by atoms with van der Waals surface area (Å²) in [5.41, 5.74) is 5.39.